The Morgan fingerprint density at radius 1 is 1.16 bits per heavy atom. The molecule has 0 unspecified atom stereocenters. The van der Waals surface area contributed by atoms with E-state index in [1.165, 1.54) is 24.7 Å². The van der Waals surface area contributed by atoms with Crippen molar-refractivity contribution in [3.8, 4) is 17.2 Å². The molecule has 2 aromatic carbocycles. The molecule has 0 aliphatic rings. The first kappa shape index (κ1) is 22.3. The highest BCUT2D eigenvalue weighted by atomic mass is 35.5. The Morgan fingerprint density at radius 2 is 2.00 bits per heavy atom. The lowest BCUT2D eigenvalue weighted by Gasteiger charge is -2.09. The number of nitrogens with zero attached hydrogens (tertiary/aromatic N) is 1. The molecule has 3 aromatic rings. The first-order valence-corrected chi connectivity index (χ1v) is 10.4. The molecule has 7 nitrogen and oxygen atoms in total. The number of benzene rings is 2. The van der Waals surface area contributed by atoms with Crippen LogP contribution in [0, 0.1) is 6.92 Å². The van der Waals surface area contributed by atoms with E-state index in [0.717, 1.165) is 5.56 Å². The van der Waals surface area contributed by atoms with Crippen molar-refractivity contribution in [3.63, 3.8) is 0 Å². The van der Waals surface area contributed by atoms with Gasteiger partial charge >= 0.3 is 5.97 Å². The van der Waals surface area contributed by atoms with Crippen molar-refractivity contribution in [1.82, 2.24) is 5.43 Å². The SMILES string of the molecule is COc1cc(/C=N/NC(=O)COc2ccc(Cl)c(C)c2)ccc1OC(=O)c1cccs1. The quantitative estimate of drug-likeness (QED) is 0.233. The number of hydrogen-bond acceptors (Lipinski definition) is 7. The zero-order valence-corrected chi connectivity index (χ0v) is 18.3. The molecular formula is C22H19ClN2O5S. The third-order valence-corrected chi connectivity index (χ3v) is 5.29. The highest BCUT2D eigenvalue weighted by Crippen LogP contribution is 2.29. The van der Waals surface area contributed by atoms with Gasteiger partial charge in [0.15, 0.2) is 18.1 Å². The van der Waals surface area contributed by atoms with Gasteiger partial charge in [-0.3, -0.25) is 4.79 Å². The number of aryl methyl sites for hydroxylation is 1. The zero-order chi connectivity index (χ0) is 22.2. The molecule has 31 heavy (non-hydrogen) atoms. The summed E-state index contributed by atoms with van der Waals surface area (Å²) in [5.74, 6) is 0.309. The zero-order valence-electron chi connectivity index (χ0n) is 16.8. The molecule has 160 valence electrons. The Kier molecular flexibility index (Phi) is 7.64. The van der Waals surface area contributed by atoms with Crippen molar-refractivity contribution in [2.75, 3.05) is 13.7 Å². The number of carbonyl (C=O) groups excluding carboxylic acids is 2. The fourth-order valence-electron chi connectivity index (χ4n) is 2.46. The predicted octanol–water partition coefficient (Wildman–Crippen LogP) is 4.47. The number of halogens is 1. The van der Waals surface area contributed by atoms with Gasteiger partial charge in [-0.15, -0.1) is 11.3 Å². The summed E-state index contributed by atoms with van der Waals surface area (Å²) in [5, 5.41) is 6.33. The Morgan fingerprint density at radius 3 is 2.71 bits per heavy atom. The standard InChI is InChI=1S/C22H19ClN2O5S/c1-14-10-16(6-7-17(14)23)29-13-21(26)25-24-12-15-5-8-18(19(11-15)28-2)30-22(27)20-4-3-9-31-20/h3-12H,13H2,1-2H3,(H,25,26)/b24-12+. The van der Waals surface area contributed by atoms with Gasteiger partial charge < -0.3 is 14.2 Å². The second-order valence-corrected chi connectivity index (χ2v) is 7.62. The third-order valence-electron chi connectivity index (χ3n) is 4.01. The molecule has 1 heterocycles. The molecule has 0 aliphatic carbocycles. The van der Waals surface area contributed by atoms with Crippen molar-refractivity contribution < 1.29 is 23.8 Å². The molecule has 0 spiro atoms. The lowest BCUT2D eigenvalue weighted by Crippen LogP contribution is -2.24. The minimum atomic E-state index is -0.460. The molecule has 0 saturated heterocycles. The number of thiophene rings is 1. The summed E-state index contributed by atoms with van der Waals surface area (Å²) in [6.45, 7) is 1.65. The molecule has 0 atom stereocenters. The highest BCUT2D eigenvalue weighted by Gasteiger charge is 2.13. The lowest BCUT2D eigenvalue weighted by molar-refractivity contribution is -0.123. The van der Waals surface area contributed by atoms with Crippen molar-refractivity contribution >= 4 is 41.0 Å². The van der Waals surface area contributed by atoms with Crippen molar-refractivity contribution in [2.24, 2.45) is 5.10 Å². The first-order valence-electron chi connectivity index (χ1n) is 9.11. The normalized spacial score (nSPS) is 10.7. The van der Waals surface area contributed by atoms with Gasteiger partial charge in [0.1, 0.15) is 10.6 Å². The summed E-state index contributed by atoms with van der Waals surface area (Å²) in [6.07, 6.45) is 1.44. The van der Waals surface area contributed by atoms with E-state index in [1.807, 2.05) is 6.92 Å². The van der Waals surface area contributed by atoms with Crippen LogP contribution in [-0.2, 0) is 4.79 Å². The van der Waals surface area contributed by atoms with E-state index < -0.39 is 11.9 Å². The van der Waals surface area contributed by atoms with Crippen molar-refractivity contribution in [1.29, 1.82) is 0 Å². The average Bonchev–Trinajstić information content (AvgIpc) is 3.30. The van der Waals surface area contributed by atoms with Gasteiger partial charge in [0, 0.05) is 5.02 Å². The van der Waals surface area contributed by atoms with Gasteiger partial charge in [0.05, 0.1) is 13.3 Å². The summed E-state index contributed by atoms with van der Waals surface area (Å²) in [7, 11) is 1.47. The van der Waals surface area contributed by atoms with E-state index >= 15 is 0 Å². The number of rotatable bonds is 8. The summed E-state index contributed by atoms with van der Waals surface area (Å²) in [6, 6.07) is 13.5. The molecule has 3 rings (SSSR count). The molecule has 0 radical (unpaired) electrons. The van der Waals surface area contributed by atoms with Gasteiger partial charge in [-0.25, -0.2) is 10.2 Å². The van der Waals surface area contributed by atoms with Gasteiger partial charge in [0.2, 0.25) is 0 Å². The number of carbonyl (C=O) groups is 2. The molecule has 0 saturated carbocycles. The van der Waals surface area contributed by atoms with Gasteiger partial charge in [0.25, 0.3) is 5.91 Å². The van der Waals surface area contributed by atoms with Crippen LogP contribution in [0.3, 0.4) is 0 Å². The van der Waals surface area contributed by atoms with Crippen LogP contribution in [0.4, 0.5) is 0 Å². The Labute approximate surface area is 188 Å². The number of esters is 1. The van der Waals surface area contributed by atoms with E-state index in [2.05, 4.69) is 10.5 Å². The van der Waals surface area contributed by atoms with E-state index in [-0.39, 0.29) is 12.4 Å². The molecule has 0 bridgehead atoms. The highest BCUT2D eigenvalue weighted by molar-refractivity contribution is 7.12. The van der Waals surface area contributed by atoms with E-state index in [0.29, 0.717) is 27.0 Å². The molecule has 0 aliphatic heterocycles. The van der Waals surface area contributed by atoms with Crippen LogP contribution in [0.2, 0.25) is 5.02 Å². The smallest absolute Gasteiger partial charge is 0.353 e. The molecule has 9 heteroatoms. The lowest BCUT2D eigenvalue weighted by atomic mass is 10.2. The maximum atomic E-state index is 12.1. The number of hydrazone groups is 1. The fourth-order valence-corrected chi connectivity index (χ4v) is 3.18. The van der Waals surface area contributed by atoms with Crippen molar-refractivity contribution in [2.45, 2.75) is 6.92 Å². The summed E-state index contributed by atoms with van der Waals surface area (Å²) >= 11 is 7.25. The van der Waals surface area contributed by atoms with Gasteiger partial charge in [-0.2, -0.15) is 5.10 Å². The second-order valence-electron chi connectivity index (χ2n) is 6.27. The molecule has 1 N–H and O–H groups in total. The van der Waals surface area contributed by atoms with Crippen LogP contribution < -0.4 is 19.6 Å². The third kappa shape index (κ3) is 6.31. The van der Waals surface area contributed by atoms with Crippen LogP contribution in [0.5, 0.6) is 17.2 Å². The summed E-state index contributed by atoms with van der Waals surface area (Å²) in [5.41, 5.74) is 3.88. The van der Waals surface area contributed by atoms with E-state index in [4.69, 9.17) is 25.8 Å². The summed E-state index contributed by atoms with van der Waals surface area (Å²) in [4.78, 5) is 24.5. The van der Waals surface area contributed by atoms with E-state index in [9.17, 15) is 9.59 Å². The number of amides is 1. The largest absolute Gasteiger partial charge is 0.493 e. The fraction of sp³-hybridized carbons (Fsp3) is 0.136. The van der Waals surface area contributed by atoms with Gasteiger partial charge in [-0.1, -0.05) is 17.7 Å². The van der Waals surface area contributed by atoms with E-state index in [1.54, 1.807) is 53.9 Å². The Bertz CT molecular complexity index is 1100. The Hall–Kier alpha value is -3.36. The maximum Gasteiger partial charge on any atom is 0.353 e. The average molecular weight is 459 g/mol. The molecule has 0 fully saturated rings. The number of methoxy groups -OCH3 is 1. The molecule has 1 amide bonds. The topological polar surface area (TPSA) is 86.2 Å². The van der Waals surface area contributed by atoms with Gasteiger partial charge in [-0.05, 0) is 65.9 Å². The number of nitrogens with one attached hydrogen (secondary N) is 1. The molecule has 1 aromatic heterocycles. The minimum Gasteiger partial charge on any atom is -0.493 e. The minimum absolute atomic E-state index is 0.195. The first-order chi connectivity index (χ1) is 15.0. The number of hydrogen-bond donors (Lipinski definition) is 1. The van der Waals surface area contributed by atoms with Crippen LogP contribution in [0.15, 0.2) is 59.0 Å². The Balaban J connectivity index is 1.54. The monoisotopic (exact) mass is 458 g/mol. The van der Waals surface area contributed by atoms with Crippen molar-refractivity contribution in [3.05, 3.63) is 74.9 Å². The predicted molar refractivity (Wildman–Crippen MR) is 120 cm³/mol. The maximum absolute atomic E-state index is 12.1. The number of ether oxygens (including phenoxy) is 3. The van der Waals surface area contributed by atoms with Crippen LogP contribution in [-0.4, -0.2) is 31.8 Å². The van der Waals surface area contributed by atoms with Crippen LogP contribution in [0.25, 0.3) is 0 Å². The summed E-state index contributed by atoms with van der Waals surface area (Å²) < 4.78 is 16.1. The van der Waals surface area contributed by atoms with Crippen LogP contribution in [0.1, 0.15) is 20.8 Å². The molecular weight excluding hydrogens is 440 g/mol. The van der Waals surface area contributed by atoms with Crippen LogP contribution >= 0.6 is 22.9 Å². The second kappa shape index (κ2) is 10.6.